The molecule has 1 amide bonds. The second kappa shape index (κ2) is 7.85. The minimum absolute atomic E-state index is 0.0620. The molecule has 20 heavy (non-hydrogen) atoms. The van der Waals surface area contributed by atoms with E-state index in [1.165, 1.54) is 16.2 Å². The van der Waals surface area contributed by atoms with Gasteiger partial charge in [-0.3, -0.25) is 4.79 Å². The van der Waals surface area contributed by atoms with Crippen molar-refractivity contribution in [2.24, 2.45) is 0 Å². The zero-order chi connectivity index (χ0) is 14.2. The van der Waals surface area contributed by atoms with Crippen molar-refractivity contribution < 1.29 is 9.90 Å². The van der Waals surface area contributed by atoms with Crippen LogP contribution in [0.5, 0.6) is 0 Å². The van der Waals surface area contributed by atoms with E-state index in [1.807, 2.05) is 16.8 Å². The van der Waals surface area contributed by atoms with Gasteiger partial charge in [-0.1, -0.05) is 17.9 Å². The maximum absolute atomic E-state index is 11.9. The summed E-state index contributed by atoms with van der Waals surface area (Å²) in [5.41, 5.74) is 0.648. The van der Waals surface area contributed by atoms with E-state index in [0.717, 1.165) is 11.3 Å². The first-order valence-electron chi connectivity index (χ1n) is 6.28. The lowest BCUT2D eigenvalue weighted by Gasteiger charge is -2.01. The number of nitrogens with one attached hydrogen (secondary N) is 1. The molecule has 5 heteroatoms. The molecular formula is C15H15NO2S2. The predicted molar refractivity (Wildman–Crippen MR) is 83.3 cm³/mol. The Morgan fingerprint density at radius 1 is 1.40 bits per heavy atom. The van der Waals surface area contributed by atoms with Gasteiger partial charge < -0.3 is 10.4 Å². The molecule has 0 saturated carbocycles. The van der Waals surface area contributed by atoms with Gasteiger partial charge in [-0.2, -0.15) is 0 Å². The summed E-state index contributed by atoms with van der Waals surface area (Å²) in [6.45, 7) is 0.704. The van der Waals surface area contributed by atoms with Gasteiger partial charge in [0, 0.05) is 23.2 Å². The van der Waals surface area contributed by atoms with Crippen LogP contribution in [0.15, 0.2) is 29.0 Å². The van der Waals surface area contributed by atoms with Crippen molar-refractivity contribution in [2.45, 2.75) is 12.8 Å². The van der Waals surface area contributed by atoms with Crippen LogP contribution in [-0.2, 0) is 6.42 Å². The number of hydrogen-bond donors (Lipinski definition) is 2. The molecule has 0 aliphatic carbocycles. The van der Waals surface area contributed by atoms with Gasteiger partial charge in [0.1, 0.15) is 0 Å². The van der Waals surface area contributed by atoms with Crippen LogP contribution in [0, 0.1) is 11.8 Å². The van der Waals surface area contributed by atoms with Gasteiger partial charge in [-0.05, 0) is 23.9 Å². The highest BCUT2D eigenvalue weighted by Crippen LogP contribution is 2.13. The van der Waals surface area contributed by atoms with Crippen molar-refractivity contribution in [3.8, 4) is 11.8 Å². The molecule has 0 atom stereocenters. The molecule has 2 N–H and O–H groups in total. The van der Waals surface area contributed by atoms with Gasteiger partial charge in [-0.25, -0.2) is 0 Å². The minimum Gasteiger partial charge on any atom is -0.395 e. The molecule has 0 saturated heterocycles. The molecule has 2 aromatic rings. The van der Waals surface area contributed by atoms with Crippen LogP contribution < -0.4 is 5.32 Å². The van der Waals surface area contributed by atoms with Gasteiger partial charge in [-0.15, -0.1) is 22.7 Å². The highest BCUT2D eigenvalue weighted by Gasteiger charge is 2.07. The number of rotatable bonds is 5. The topological polar surface area (TPSA) is 49.3 Å². The fraction of sp³-hybridized carbons (Fsp3) is 0.267. The number of carbonyl (C=O) groups excluding carboxylic acids is 1. The highest BCUT2D eigenvalue weighted by molar-refractivity contribution is 7.10. The molecule has 2 heterocycles. The molecule has 0 bridgehead atoms. The molecule has 2 aromatic heterocycles. The van der Waals surface area contributed by atoms with E-state index < -0.39 is 0 Å². The lowest BCUT2D eigenvalue weighted by molar-refractivity contribution is 0.0954. The molecule has 0 radical (unpaired) electrons. The van der Waals surface area contributed by atoms with E-state index in [2.05, 4.69) is 23.2 Å². The Hall–Kier alpha value is -1.61. The molecule has 0 spiro atoms. The molecule has 0 unspecified atom stereocenters. The molecule has 0 fully saturated rings. The number of thiophene rings is 2. The van der Waals surface area contributed by atoms with Crippen LogP contribution in [0.25, 0.3) is 0 Å². The van der Waals surface area contributed by atoms with Crippen molar-refractivity contribution in [3.05, 3.63) is 44.3 Å². The molecule has 104 valence electrons. The van der Waals surface area contributed by atoms with Gasteiger partial charge in [0.2, 0.25) is 0 Å². The van der Waals surface area contributed by atoms with Crippen LogP contribution in [0.4, 0.5) is 0 Å². The first-order chi connectivity index (χ1) is 9.79. The summed E-state index contributed by atoms with van der Waals surface area (Å²) >= 11 is 3.14. The van der Waals surface area contributed by atoms with Crippen LogP contribution in [0.3, 0.4) is 0 Å². The molecule has 0 aromatic carbocycles. The normalized spacial score (nSPS) is 9.85. The Labute approximate surface area is 126 Å². The number of aliphatic hydroxyl groups excluding tert-OH is 1. The third kappa shape index (κ3) is 4.49. The summed E-state index contributed by atoms with van der Waals surface area (Å²) in [5, 5.41) is 15.4. The van der Waals surface area contributed by atoms with E-state index in [9.17, 15) is 4.79 Å². The third-order valence-electron chi connectivity index (χ3n) is 2.55. The summed E-state index contributed by atoms with van der Waals surface area (Å²) in [6, 6.07) is 5.86. The van der Waals surface area contributed by atoms with Gasteiger partial charge in [0.25, 0.3) is 5.91 Å². The minimum atomic E-state index is -0.0620. The van der Waals surface area contributed by atoms with E-state index >= 15 is 0 Å². The monoisotopic (exact) mass is 305 g/mol. The second-order valence-electron chi connectivity index (χ2n) is 4.06. The van der Waals surface area contributed by atoms with Crippen LogP contribution in [-0.4, -0.2) is 24.2 Å². The Bertz CT molecular complexity index is 605. The van der Waals surface area contributed by atoms with Crippen molar-refractivity contribution in [3.63, 3.8) is 0 Å². The molecular weight excluding hydrogens is 290 g/mol. The highest BCUT2D eigenvalue weighted by atomic mass is 32.1. The average molecular weight is 305 g/mol. The fourth-order valence-electron chi connectivity index (χ4n) is 1.58. The molecule has 2 rings (SSSR count). The molecule has 0 aliphatic rings. The third-order valence-corrected chi connectivity index (χ3v) is 4.33. The fourth-order valence-corrected chi connectivity index (χ4v) is 3.05. The van der Waals surface area contributed by atoms with Crippen LogP contribution in [0.1, 0.15) is 26.5 Å². The quantitative estimate of drug-likeness (QED) is 0.834. The summed E-state index contributed by atoms with van der Waals surface area (Å²) < 4.78 is 0. The first kappa shape index (κ1) is 14.8. The molecule has 0 aliphatic heterocycles. The number of hydrogen-bond acceptors (Lipinski definition) is 4. The SMILES string of the molecule is O=C(NCCc1cccs1)c1csc(C#CCCO)c1. The van der Waals surface area contributed by atoms with E-state index in [-0.39, 0.29) is 12.5 Å². The zero-order valence-corrected chi connectivity index (χ0v) is 12.5. The smallest absolute Gasteiger partial charge is 0.252 e. The predicted octanol–water partition coefficient (Wildman–Crippen LogP) is 2.52. The Morgan fingerprint density at radius 2 is 2.30 bits per heavy atom. The standard InChI is InChI=1S/C15H15NO2S2/c17-8-2-1-4-14-10-12(11-20-14)15(18)16-7-6-13-5-3-9-19-13/h3,5,9-11,17H,2,6-8H2,(H,16,18). The molecule has 3 nitrogen and oxygen atoms in total. The maximum Gasteiger partial charge on any atom is 0.252 e. The van der Waals surface area contributed by atoms with Crippen molar-refractivity contribution in [2.75, 3.05) is 13.2 Å². The van der Waals surface area contributed by atoms with E-state index in [4.69, 9.17) is 5.11 Å². The summed E-state index contributed by atoms with van der Waals surface area (Å²) in [7, 11) is 0. The van der Waals surface area contributed by atoms with E-state index in [0.29, 0.717) is 18.5 Å². The zero-order valence-electron chi connectivity index (χ0n) is 10.9. The van der Waals surface area contributed by atoms with Gasteiger partial charge in [0.15, 0.2) is 0 Å². The Balaban J connectivity index is 1.82. The van der Waals surface area contributed by atoms with E-state index in [1.54, 1.807) is 17.4 Å². The number of carbonyl (C=O) groups is 1. The average Bonchev–Trinajstić information content (AvgIpc) is 3.10. The van der Waals surface area contributed by atoms with Crippen molar-refractivity contribution >= 4 is 28.6 Å². The lowest BCUT2D eigenvalue weighted by Crippen LogP contribution is -2.24. The van der Waals surface area contributed by atoms with Gasteiger partial charge >= 0.3 is 0 Å². The summed E-state index contributed by atoms with van der Waals surface area (Å²) in [6.07, 6.45) is 1.32. The van der Waals surface area contributed by atoms with Crippen LogP contribution >= 0.6 is 22.7 Å². The second-order valence-corrected chi connectivity index (χ2v) is 6.00. The Morgan fingerprint density at radius 3 is 3.05 bits per heavy atom. The van der Waals surface area contributed by atoms with Crippen molar-refractivity contribution in [1.82, 2.24) is 5.32 Å². The summed E-state index contributed by atoms with van der Waals surface area (Å²) in [5.74, 6) is 5.71. The number of aliphatic hydroxyl groups is 1. The lowest BCUT2D eigenvalue weighted by atomic mass is 10.2. The summed E-state index contributed by atoms with van der Waals surface area (Å²) in [4.78, 5) is 14.0. The maximum atomic E-state index is 11.9. The van der Waals surface area contributed by atoms with Crippen LogP contribution in [0.2, 0.25) is 0 Å². The Kier molecular flexibility index (Phi) is 5.81. The van der Waals surface area contributed by atoms with Gasteiger partial charge in [0.05, 0.1) is 17.0 Å². The first-order valence-corrected chi connectivity index (χ1v) is 8.04. The van der Waals surface area contributed by atoms with Crippen molar-refractivity contribution in [1.29, 1.82) is 0 Å². The largest absolute Gasteiger partial charge is 0.395 e. The number of amides is 1.